The molecule has 1 fully saturated rings. The van der Waals surface area contributed by atoms with Crippen LogP contribution in [0.5, 0.6) is 0 Å². The van der Waals surface area contributed by atoms with E-state index in [1.54, 1.807) is 0 Å². The minimum atomic E-state index is 0.497. The zero-order valence-electron chi connectivity index (χ0n) is 12.7. The summed E-state index contributed by atoms with van der Waals surface area (Å²) < 4.78 is 5.17. The summed E-state index contributed by atoms with van der Waals surface area (Å²) in [4.78, 5) is 2.49. The molecule has 1 aliphatic rings. The highest BCUT2D eigenvalue weighted by atomic mass is 16.5. The van der Waals surface area contributed by atoms with Gasteiger partial charge in [0.25, 0.3) is 0 Å². The van der Waals surface area contributed by atoms with E-state index in [1.807, 2.05) is 13.0 Å². The number of aryl methyl sites for hydroxylation is 1. The number of benzene rings is 1. The van der Waals surface area contributed by atoms with Crippen molar-refractivity contribution in [3.05, 3.63) is 53.4 Å². The molecule has 0 amide bonds. The fourth-order valence-electron chi connectivity index (χ4n) is 2.95. The second kappa shape index (κ2) is 6.41. The zero-order chi connectivity index (χ0) is 14.7. The number of nitrogens with zero attached hydrogens (tertiary/aromatic N) is 2. The van der Waals surface area contributed by atoms with Crippen LogP contribution in [-0.2, 0) is 13.0 Å². The molecule has 2 heterocycles. The normalized spacial score (nSPS) is 23.3. The Kier molecular flexibility index (Phi) is 4.36. The highest BCUT2D eigenvalue weighted by Crippen LogP contribution is 2.15. The van der Waals surface area contributed by atoms with Crippen LogP contribution >= 0.6 is 0 Å². The minimum Gasteiger partial charge on any atom is -0.361 e. The van der Waals surface area contributed by atoms with Crippen LogP contribution in [0.3, 0.4) is 0 Å². The Morgan fingerprint density at radius 3 is 2.86 bits per heavy atom. The molecule has 112 valence electrons. The number of nitrogens with one attached hydrogen (secondary N) is 1. The lowest BCUT2D eigenvalue weighted by Crippen LogP contribution is -2.55. The van der Waals surface area contributed by atoms with Crippen LogP contribution in [0.4, 0.5) is 0 Å². The third kappa shape index (κ3) is 3.71. The first-order valence-electron chi connectivity index (χ1n) is 7.64. The van der Waals surface area contributed by atoms with Gasteiger partial charge in [-0.2, -0.15) is 0 Å². The van der Waals surface area contributed by atoms with Gasteiger partial charge in [-0.25, -0.2) is 0 Å². The van der Waals surface area contributed by atoms with E-state index in [0.29, 0.717) is 12.1 Å². The van der Waals surface area contributed by atoms with Gasteiger partial charge in [0.05, 0.1) is 5.69 Å². The summed E-state index contributed by atoms with van der Waals surface area (Å²) in [6, 6.07) is 13.7. The van der Waals surface area contributed by atoms with E-state index >= 15 is 0 Å². The van der Waals surface area contributed by atoms with Crippen LogP contribution in [-0.4, -0.2) is 35.2 Å². The Balaban J connectivity index is 1.61. The maximum Gasteiger partial charge on any atom is 0.133 e. The first-order chi connectivity index (χ1) is 10.2. The second-order valence-corrected chi connectivity index (χ2v) is 6.00. The van der Waals surface area contributed by atoms with E-state index in [0.717, 1.165) is 37.5 Å². The summed E-state index contributed by atoms with van der Waals surface area (Å²) in [6.45, 7) is 7.14. The minimum absolute atomic E-state index is 0.497. The van der Waals surface area contributed by atoms with Crippen LogP contribution in [0, 0.1) is 6.92 Å². The number of hydrogen-bond acceptors (Lipinski definition) is 4. The molecule has 0 bridgehead atoms. The zero-order valence-corrected chi connectivity index (χ0v) is 12.7. The third-order valence-corrected chi connectivity index (χ3v) is 4.15. The number of piperazine rings is 1. The molecule has 1 aliphatic heterocycles. The van der Waals surface area contributed by atoms with Crippen molar-refractivity contribution in [3.8, 4) is 0 Å². The molecule has 0 spiro atoms. The van der Waals surface area contributed by atoms with Gasteiger partial charge in [0, 0.05) is 37.8 Å². The van der Waals surface area contributed by atoms with Crippen LogP contribution in [0.2, 0.25) is 0 Å². The Morgan fingerprint density at radius 1 is 1.33 bits per heavy atom. The molecule has 0 saturated carbocycles. The van der Waals surface area contributed by atoms with Crippen molar-refractivity contribution in [2.24, 2.45) is 0 Å². The summed E-state index contributed by atoms with van der Waals surface area (Å²) in [5, 5.41) is 7.77. The summed E-state index contributed by atoms with van der Waals surface area (Å²) in [5.41, 5.74) is 2.42. The molecule has 1 saturated heterocycles. The lowest BCUT2D eigenvalue weighted by molar-refractivity contribution is 0.130. The highest BCUT2D eigenvalue weighted by molar-refractivity contribution is 5.16. The topological polar surface area (TPSA) is 41.3 Å². The molecule has 4 heteroatoms. The SMILES string of the molecule is Cc1cc(CN2CC(Cc3ccccc3)NCC2C)no1. The molecule has 4 nitrogen and oxygen atoms in total. The Hall–Kier alpha value is -1.65. The monoisotopic (exact) mass is 285 g/mol. The van der Waals surface area contributed by atoms with Gasteiger partial charge in [0.2, 0.25) is 0 Å². The number of aromatic nitrogens is 1. The fraction of sp³-hybridized carbons (Fsp3) is 0.471. The van der Waals surface area contributed by atoms with Crippen molar-refractivity contribution in [1.29, 1.82) is 0 Å². The Labute approximate surface area is 126 Å². The van der Waals surface area contributed by atoms with Crippen molar-refractivity contribution in [2.45, 2.75) is 38.9 Å². The predicted octanol–water partition coefficient (Wildman–Crippen LogP) is 2.39. The molecule has 1 N–H and O–H groups in total. The summed E-state index contributed by atoms with van der Waals surface area (Å²) in [7, 11) is 0. The van der Waals surface area contributed by atoms with Crippen molar-refractivity contribution < 1.29 is 4.52 Å². The van der Waals surface area contributed by atoms with Crippen LogP contribution in [0.25, 0.3) is 0 Å². The van der Waals surface area contributed by atoms with Gasteiger partial charge in [-0.3, -0.25) is 4.90 Å². The van der Waals surface area contributed by atoms with E-state index in [1.165, 1.54) is 5.56 Å². The van der Waals surface area contributed by atoms with E-state index < -0.39 is 0 Å². The standard InChI is InChI=1S/C17H23N3O/c1-13-10-18-16(9-15-6-4-3-5-7-15)11-20(13)12-17-8-14(2)21-19-17/h3-8,13,16,18H,9-12H2,1-2H3. The van der Waals surface area contributed by atoms with Crippen molar-refractivity contribution in [1.82, 2.24) is 15.4 Å². The molecular weight excluding hydrogens is 262 g/mol. The molecule has 2 atom stereocenters. The van der Waals surface area contributed by atoms with Crippen molar-refractivity contribution in [2.75, 3.05) is 13.1 Å². The largest absolute Gasteiger partial charge is 0.361 e. The average Bonchev–Trinajstić information content (AvgIpc) is 2.89. The van der Waals surface area contributed by atoms with Gasteiger partial charge in [0.1, 0.15) is 5.76 Å². The van der Waals surface area contributed by atoms with Crippen molar-refractivity contribution >= 4 is 0 Å². The van der Waals surface area contributed by atoms with Gasteiger partial charge >= 0.3 is 0 Å². The smallest absolute Gasteiger partial charge is 0.133 e. The summed E-state index contributed by atoms with van der Waals surface area (Å²) in [6.07, 6.45) is 1.07. The lowest BCUT2D eigenvalue weighted by Gasteiger charge is -2.38. The first-order valence-corrected chi connectivity index (χ1v) is 7.64. The average molecular weight is 285 g/mol. The molecule has 1 aromatic heterocycles. The Bertz CT molecular complexity index is 566. The third-order valence-electron chi connectivity index (χ3n) is 4.15. The van der Waals surface area contributed by atoms with E-state index in [-0.39, 0.29) is 0 Å². The Morgan fingerprint density at radius 2 is 2.14 bits per heavy atom. The molecule has 3 rings (SSSR count). The maximum absolute atomic E-state index is 5.17. The van der Waals surface area contributed by atoms with Crippen LogP contribution in [0.1, 0.15) is 23.9 Å². The van der Waals surface area contributed by atoms with Gasteiger partial charge in [0.15, 0.2) is 0 Å². The molecule has 2 unspecified atom stereocenters. The van der Waals surface area contributed by atoms with Gasteiger partial charge in [-0.15, -0.1) is 0 Å². The highest BCUT2D eigenvalue weighted by Gasteiger charge is 2.25. The lowest BCUT2D eigenvalue weighted by atomic mass is 10.0. The molecule has 0 aliphatic carbocycles. The summed E-state index contributed by atoms with van der Waals surface area (Å²) >= 11 is 0. The molecule has 0 radical (unpaired) electrons. The van der Waals surface area contributed by atoms with E-state index in [2.05, 4.69) is 52.6 Å². The molecule has 21 heavy (non-hydrogen) atoms. The van der Waals surface area contributed by atoms with Crippen LogP contribution in [0.15, 0.2) is 40.9 Å². The van der Waals surface area contributed by atoms with Gasteiger partial charge in [-0.05, 0) is 25.8 Å². The summed E-state index contributed by atoms with van der Waals surface area (Å²) in [5.74, 6) is 0.883. The van der Waals surface area contributed by atoms with E-state index in [9.17, 15) is 0 Å². The maximum atomic E-state index is 5.17. The van der Waals surface area contributed by atoms with Gasteiger partial charge in [-0.1, -0.05) is 35.5 Å². The second-order valence-electron chi connectivity index (χ2n) is 6.00. The van der Waals surface area contributed by atoms with Crippen LogP contribution < -0.4 is 5.32 Å². The molecule has 1 aromatic carbocycles. The first kappa shape index (κ1) is 14.3. The molecular formula is C17H23N3O. The quantitative estimate of drug-likeness (QED) is 0.936. The van der Waals surface area contributed by atoms with Crippen molar-refractivity contribution in [3.63, 3.8) is 0 Å². The van der Waals surface area contributed by atoms with E-state index in [4.69, 9.17) is 4.52 Å². The predicted molar refractivity (Wildman–Crippen MR) is 83.0 cm³/mol. The van der Waals surface area contributed by atoms with Gasteiger partial charge < -0.3 is 9.84 Å². The number of rotatable bonds is 4. The fourth-order valence-corrected chi connectivity index (χ4v) is 2.95. The molecule has 2 aromatic rings. The number of hydrogen-bond donors (Lipinski definition) is 1.